The highest BCUT2D eigenvalue weighted by Gasteiger charge is 2.06. The van der Waals surface area contributed by atoms with Crippen LogP contribution in [0.25, 0.3) is 0 Å². The average molecular weight is 583 g/mol. The summed E-state index contributed by atoms with van der Waals surface area (Å²) in [4.78, 5) is 24.8. The molecule has 0 amide bonds. The number of nitrogens with zero attached hydrogens (tertiary/aromatic N) is 8. The fourth-order valence-corrected chi connectivity index (χ4v) is 3.82. The first-order chi connectivity index (χ1) is 20.8. The lowest BCUT2D eigenvalue weighted by atomic mass is 10.2. The summed E-state index contributed by atoms with van der Waals surface area (Å²) >= 11 is 0. The van der Waals surface area contributed by atoms with Gasteiger partial charge in [0.2, 0.25) is 0 Å². The van der Waals surface area contributed by atoms with E-state index in [1.807, 2.05) is 62.6 Å². The fourth-order valence-electron chi connectivity index (χ4n) is 3.82. The van der Waals surface area contributed by atoms with Crippen LogP contribution in [0.5, 0.6) is 0 Å². The van der Waals surface area contributed by atoms with Gasteiger partial charge in [0, 0.05) is 62.8 Å². The maximum Gasteiger partial charge on any atom is 0.269 e. The molecule has 0 spiro atoms. The standard InChI is InChI=1S/C30H30N8O5/c1-35(27-11-3-23(4-12-27)31-33-25-7-15-29(16-8-25)37(39)40)19-21-43-22-20-36(2)28-13-5-24(6-14-28)32-34-26-9-17-30(18-10-26)38(41)42/h3-18H,19-22H2,1-2H3. The van der Waals surface area contributed by atoms with Crippen molar-refractivity contribution in [2.45, 2.75) is 0 Å². The normalized spacial score (nSPS) is 11.2. The second-order valence-corrected chi connectivity index (χ2v) is 9.44. The molecule has 0 aliphatic carbocycles. The third-order valence-corrected chi connectivity index (χ3v) is 6.41. The summed E-state index contributed by atoms with van der Waals surface area (Å²) in [6.45, 7) is 2.55. The van der Waals surface area contributed by atoms with Crippen molar-refractivity contribution in [1.29, 1.82) is 0 Å². The Hall–Kier alpha value is -5.56. The quantitative estimate of drug-likeness (QED) is 0.0633. The topological polar surface area (TPSA) is 151 Å². The second kappa shape index (κ2) is 14.9. The Balaban J connectivity index is 1.15. The summed E-state index contributed by atoms with van der Waals surface area (Å²) in [6.07, 6.45) is 0. The SMILES string of the molecule is CN(CCOCCN(C)c1ccc(N=Nc2ccc([N+](=O)[O-])cc2)cc1)c1ccc(N=Nc2ccc([N+](=O)[O-])cc2)cc1. The predicted molar refractivity (Wildman–Crippen MR) is 165 cm³/mol. The van der Waals surface area contributed by atoms with Crippen LogP contribution >= 0.6 is 0 Å². The van der Waals surface area contributed by atoms with E-state index in [0.717, 1.165) is 11.4 Å². The molecule has 0 radical (unpaired) electrons. The van der Waals surface area contributed by atoms with Crippen LogP contribution in [0.4, 0.5) is 45.5 Å². The van der Waals surface area contributed by atoms with Gasteiger partial charge in [-0.15, -0.1) is 0 Å². The highest BCUT2D eigenvalue weighted by molar-refractivity contribution is 5.54. The first-order valence-electron chi connectivity index (χ1n) is 13.3. The zero-order chi connectivity index (χ0) is 30.6. The summed E-state index contributed by atoms with van der Waals surface area (Å²) < 4.78 is 5.85. The Labute approximate surface area is 248 Å². The molecule has 0 aromatic heterocycles. The monoisotopic (exact) mass is 582 g/mol. The van der Waals surface area contributed by atoms with Gasteiger partial charge in [-0.3, -0.25) is 20.2 Å². The molecule has 4 rings (SSSR count). The second-order valence-electron chi connectivity index (χ2n) is 9.44. The third kappa shape index (κ3) is 9.23. The van der Waals surface area contributed by atoms with E-state index < -0.39 is 9.85 Å². The minimum Gasteiger partial charge on any atom is -0.378 e. The average Bonchev–Trinajstić information content (AvgIpc) is 3.03. The Kier molecular flexibility index (Phi) is 10.5. The molecule has 4 aromatic rings. The highest BCUT2D eigenvalue weighted by Crippen LogP contribution is 2.25. The maximum atomic E-state index is 10.8. The number of azo groups is 2. The summed E-state index contributed by atoms with van der Waals surface area (Å²) in [6, 6.07) is 27.0. The van der Waals surface area contributed by atoms with Crippen LogP contribution in [-0.2, 0) is 4.74 Å². The van der Waals surface area contributed by atoms with E-state index in [2.05, 4.69) is 30.3 Å². The number of nitro groups is 2. The zero-order valence-corrected chi connectivity index (χ0v) is 23.7. The van der Waals surface area contributed by atoms with Crippen LogP contribution in [-0.4, -0.2) is 50.2 Å². The molecule has 4 aromatic carbocycles. The van der Waals surface area contributed by atoms with E-state index in [1.165, 1.54) is 24.3 Å². The predicted octanol–water partition coefficient (Wildman–Crippen LogP) is 7.92. The van der Waals surface area contributed by atoms with Crippen LogP contribution in [0.3, 0.4) is 0 Å². The lowest BCUT2D eigenvalue weighted by Crippen LogP contribution is -2.26. The van der Waals surface area contributed by atoms with E-state index >= 15 is 0 Å². The van der Waals surface area contributed by atoms with Gasteiger partial charge >= 0.3 is 0 Å². The van der Waals surface area contributed by atoms with Gasteiger partial charge in [0.25, 0.3) is 11.4 Å². The van der Waals surface area contributed by atoms with Gasteiger partial charge in [0.1, 0.15) is 0 Å². The Bertz CT molecular complexity index is 1440. The molecule has 13 nitrogen and oxygen atoms in total. The molecule has 0 fully saturated rings. The van der Waals surface area contributed by atoms with Gasteiger partial charge in [-0.2, -0.15) is 20.5 Å². The molecule has 220 valence electrons. The van der Waals surface area contributed by atoms with E-state index in [-0.39, 0.29) is 11.4 Å². The van der Waals surface area contributed by atoms with Crippen molar-refractivity contribution < 1.29 is 14.6 Å². The molecule has 0 N–H and O–H groups in total. The molecule has 0 atom stereocenters. The highest BCUT2D eigenvalue weighted by atomic mass is 16.6. The number of benzene rings is 4. The molecule has 0 saturated carbocycles. The van der Waals surface area contributed by atoms with Crippen LogP contribution in [0.1, 0.15) is 0 Å². The maximum absolute atomic E-state index is 10.8. The van der Waals surface area contributed by atoms with E-state index in [9.17, 15) is 20.2 Å². The molecule has 0 aliphatic rings. The largest absolute Gasteiger partial charge is 0.378 e. The summed E-state index contributed by atoms with van der Waals surface area (Å²) in [5.74, 6) is 0. The van der Waals surface area contributed by atoms with Crippen LogP contribution in [0.15, 0.2) is 118 Å². The lowest BCUT2D eigenvalue weighted by molar-refractivity contribution is -0.385. The molecule has 0 heterocycles. The van der Waals surface area contributed by atoms with Gasteiger partial charge in [0.15, 0.2) is 0 Å². The summed E-state index contributed by atoms with van der Waals surface area (Å²) in [7, 11) is 3.98. The molecule has 0 aliphatic heterocycles. The molecule has 0 bridgehead atoms. The van der Waals surface area contributed by atoms with Crippen molar-refractivity contribution in [1.82, 2.24) is 0 Å². The number of rotatable bonds is 14. The third-order valence-electron chi connectivity index (χ3n) is 6.41. The summed E-state index contributed by atoms with van der Waals surface area (Å²) in [5.41, 5.74) is 4.48. The van der Waals surface area contributed by atoms with E-state index in [0.29, 0.717) is 49.1 Å². The zero-order valence-electron chi connectivity index (χ0n) is 23.7. The van der Waals surface area contributed by atoms with Gasteiger partial charge in [0.05, 0.1) is 45.8 Å². The number of non-ortho nitro benzene ring substituents is 2. The minimum atomic E-state index is -0.453. The molecule has 0 saturated heterocycles. The van der Waals surface area contributed by atoms with Gasteiger partial charge in [-0.1, -0.05) is 0 Å². The van der Waals surface area contributed by atoms with E-state index in [1.54, 1.807) is 24.3 Å². The number of hydrogen-bond acceptors (Lipinski definition) is 11. The summed E-state index contributed by atoms with van der Waals surface area (Å²) in [5, 5.41) is 38.1. The molecule has 13 heteroatoms. The Morgan fingerprint density at radius 2 is 0.814 bits per heavy atom. The van der Waals surface area contributed by atoms with Gasteiger partial charge in [-0.05, 0) is 72.8 Å². The number of ether oxygens (including phenoxy) is 1. The number of anilines is 2. The van der Waals surface area contributed by atoms with Crippen molar-refractivity contribution in [2.24, 2.45) is 20.5 Å². The van der Waals surface area contributed by atoms with Crippen LogP contribution < -0.4 is 9.80 Å². The van der Waals surface area contributed by atoms with Crippen molar-refractivity contribution >= 4 is 45.5 Å². The number of hydrogen-bond donors (Lipinski definition) is 0. The van der Waals surface area contributed by atoms with Crippen molar-refractivity contribution in [3.8, 4) is 0 Å². The molecular formula is C30H30N8O5. The number of likely N-dealkylation sites (N-methyl/N-ethyl adjacent to an activating group) is 2. The van der Waals surface area contributed by atoms with Crippen LogP contribution in [0, 0.1) is 20.2 Å². The first kappa shape index (κ1) is 30.4. The van der Waals surface area contributed by atoms with Crippen LogP contribution in [0.2, 0.25) is 0 Å². The Morgan fingerprint density at radius 3 is 1.09 bits per heavy atom. The molecule has 0 unspecified atom stereocenters. The first-order valence-corrected chi connectivity index (χ1v) is 13.3. The smallest absolute Gasteiger partial charge is 0.269 e. The van der Waals surface area contributed by atoms with E-state index in [4.69, 9.17) is 4.74 Å². The van der Waals surface area contributed by atoms with Crippen molar-refractivity contribution in [3.05, 3.63) is 117 Å². The fraction of sp³-hybridized carbons (Fsp3) is 0.200. The van der Waals surface area contributed by atoms with Crippen molar-refractivity contribution in [2.75, 3.05) is 50.2 Å². The van der Waals surface area contributed by atoms with Gasteiger partial charge in [-0.25, -0.2) is 0 Å². The molecule has 43 heavy (non-hydrogen) atoms. The van der Waals surface area contributed by atoms with Gasteiger partial charge < -0.3 is 14.5 Å². The Morgan fingerprint density at radius 1 is 0.535 bits per heavy atom. The minimum absolute atomic E-state index is 0.0114. The van der Waals surface area contributed by atoms with Crippen molar-refractivity contribution in [3.63, 3.8) is 0 Å². The lowest BCUT2D eigenvalue weighted by Gasteiger charge is -2.21. The molecular weight excluding hydrogens is 552 g/mol. The number of nitro benzene ring substituents is 2.